The summed E-state index contributed by atoms with van der Waals surface area (Å²) in [4.78, 5) is 17.0. The Morgan fingerprint density at radius 1 is 0.974 bits per heavy atom. The van der Waals surface area contributed by atoms with Crippen LogP contribution in [0.5, 0.6) is 11.5 Å². The number of nitrogens with one attached hydrogen (secondary N) is 1. The van der Waals surface area contributed by atoms with E-state index in [0.29, 0.717) is 35.1 Å². The normalized spacial score (nSPS) is 15.9. The van der Waals surface area contributed by atoms with E-state index in [9.17, 15) is 4.79 Å². The van der Waals surface area contributed by atoms with Gasteiger partial charge in [0.05, 0.1) is 5.57 Å². The fraction of sp³-hybridized carbons (Fsp3) is 0.226. The van der Waals surface area contributed by atoms with Crippen molar-refractivity contribution in [3.8, 4) is 11.5 Å². The minimum Gasteiger partial charge on any atom is -0.490 e. The second kappa shape index (κ2) is 11.3. The molecule has 0 saturated carbocycles. The number of fused-ring (bicyclic) bond motifs is 1. The van der Waals surface area contributed by atoms with Crippen molar-refractivity contribution < 1.29 is 14.3 Å². The molecule has 0 saturated heterocycles. The lowest BCUT2D eigenvalue weighted by Gasteiger charge is -2.20. The second-order valence-electron chi connectivity index (χ2n) is 9.76. The molecule has 3 aromatic rings. The van der Waals surface area contributed by atoms with E-state index < -0.39 is 5.91 Å². The number of carbonyl (C=O) groups is 1. The zero-order valence-corrected chi connectivity index (χ0v) is 23.2. The lowest BCUT2D eigenvalue weighted by molar-refractivity contribution is -0.114. The van der Waals surface area contributed by atoms with Crippen LogP contribution >= 0.6 is 11.8 Å². The fourth-order valence-corrected chi connectivity index (χ4v) is 5.12. The number of amidine groups is 2. The van der Waals surface area contributed by atoms with Crippen LogP contribution in [0.15, 0.2) is 82.4 Å². The van der Waals surface area contributed by atoms with Crippen molar-refractivity contribution >= 4 is 39.8 Å². The number of hydrogen-bond acceptors (Lipinski definition) is 6. The highest BCUT2D eigenvalue weighted by Crippen LogP contribution is 2.31. The molecule has 2 aliphatic heterocycles. The first-order chi connectivity index (χ1) is 18.8. The van der Waals surface area contributed by atoms with Crippen LogP contribution in [0.3, 0.4) is 0 Å². The molecule has 2 heterocycles. The van der Waals surface area contributed by atoms with E-state index >= 15 is 0 Å². The van der Waals surface area contributed by atoms with Gasteiger partial charge in [0.25, 0.3) is 5.91 Å². The highest BCUT2D eigenvalue weighted by Gasteiger charge is 2.36. The molecule has 5 rings (SSSR count). The van der Waals surface area contributed by atoms with E-state index in [1.54, 1.807) is 6.08 Å². The summed E-state index contributed by atoms with van der Waals surface area (Å²) >= 11 is 1.29. The first-order valence-electron chi connectivity index (χ1n) is 12.8. The van der Waals surface area contributed by atoms with Gasteiger partial charge in [-0.3, -0.25) is 10.2 Å². The molecule has 0 aliphatic carbocycles. The quantitative estimate of drug-likeness (QED) is 0.260. The van der Waals surface area contributed by atoms with Gasteiger partial charge in [-0.25, -0.2) is 0 Å². The first-order valence-corrected chi connectivity index (χ1v) is 13.6. The van der Waals surface area contributed by atoms with Crippen molar-refractivity contribution in [1.29, 1.82) is 5.41 Å². The Hall–Kier alpha value is -4.17. The minimum absolute atomic E-state index is 0.00144. The van der Waals surface area contributed by atoms with E-state index in [-0.39, 0.29) is 11.4 Å². The van der Waals surface area contributed by atoms with E-state index in [0.717, 1.165) is 28.0 Å². The van der Waals surface area contributed by atoms with Gasteiger partial charge in [-0.15, -0.1) is 0 Å². The molecule has 0 bridgehead atoms. The van der Waals surface area contributed by atoms with Crippen LogP contribution in [0, 0.1) is 19.3 Å². The Labute approximate surface area is 232 Å². The lowest BCUT2D eigenvalue weighted by Crippen LogP contribution is -2.35. The molecule has 3 aromatic carbocycles. The molecular weight excluding hydrogens is 508 g/mol. The topological polar surface area (TPSA) is 87.3 Å². The van der Waals surface area contributed by atoms with Crippen LogP contribution in [0.25, 0.3) is 6.08 Å². The maximum absolute atomic E-state index is 12.8. The smallest absolute Gasteiger partial charge is 0.283 e. The maximum Gasteiger partial charge on any atom is 0.283 e. The van der Waals surface area contributed by atoms with Crippen LogP contribution in [0.1, 0.15) is 47.6 Å². The molecule has 0 atom stereocenters. The average Bonchev–Trinajstić information content (AvgIpc) is 3.34. The zero-order valence-electron chi connectivity index (χ0n) is 22.4. The van der Waals surface area contributed by atoms with Crippen LogP contribution in [-0.4, -0.2) is 40.2 Å². The first kappa shape index (κ1) is 26.4. The lowest BCUT2D eigenvalue weighted by atomic mass is 10.0. The summed E-state index contributed by atoms with van der Waals surface area (Å²) in [5, 5.41) is 15.7. The van der Waals surface area contributed by atoms with Crippen molar-refractivity contribution in [3.05, 3.63) is 100 Å². The third-order valence-electron chi connectivity index (χ3n) is 6.32. The standard InChI is InChI=1S/C31H30N4O3S/c1-19(2)25-13-10-21(4)16-27(25)38-15-14-37-24-7-5-6-22(17-24)18-26-28(32)35-31(33-29(26)36)39-30(34-35)23-11-8-20(3)9-12-23/h5-13,16-19,32H,14-15H2,1-4H3/b26-18+,32-28?. The van der Waals surface area contributed by atoms with E-state index in [1.807, 2.05) is 62.4 Å². The predicted molar refractivity (Wildman–Crippen MR) is 158 cm³/mol. The summed E-state index contributed by atoms with van der Waals surface area (Å²) in [5.74, 6) is 1.44. The summed E-state index contributed by atoms with van der Waals surface area (Å²) in [6.45, 7) is 9.14. The number of carbonyl (C=O) groups excluding carboxylic acids is 1. The largest absolute Gasteiger partial charge is 0.490 e. The maximum atomic E-state index is 12.8. The number of amides is 1. The Kier molecular flexibility index (Phi) is 7.65. The summed E-state index contributed by atoms with van der Waals surface area (Å²) < 4.78 is 11.9. The molecule has 0 spiro atoms. The highest BCUT2D eigenvalue weighted by molar-refractivity contribution is 8.27. The zero-order chi connectivity index (χ0) is 27.5. The summed E-state index contributed by atoms with van der Waals surface area (Å²) in [6.07, 6.45) is 1.65. The number of nitrogens with zero attached hydrogens (tertiary/aromatic N) is 3. The SMILES string of the molecule is Cc1ccc(C2=NN3C(=N)/C(=C\c4cccc(OCCOc5cc(C)ccc5C(C)C)c4)C(=O)N=C3S2)cc1. The van der Waals surface area contributed by atoms with Gasteiger partial charge in [-0.2, -0.15) is 15.1 Å². The van der Waals surface area contributed by atoms with Crippen LogP contribution < -0.4 is 9.47 Å². The number of rotatable bonds is 8. The third kappa shape index (κ3) is 5.96. The van der Waals surface area contributed by atoms with Gasteiger partial charge < -0.3 is 9.47 Å². The monoisotopic (exact) mass is 538 g/mol. The minimum atomic E-state index is -0.460. The molecule has 0 radical (unpaired) electrons. The molecule has 8 heteroatoms. The highest BCUT2D eigenvalue weighted by atomic mass is 32.2. The molecule has 7 nitrogen and oxygen atoms in total. The third-order valence-corrected chi connectivity index (χ3v) is 7.28. The van der Waals surface area contributed by atoms with Crippen molar-refractivity contribution in [3.63, 3.8) is 0 Å². The second-order valence-corrected chi connectivity index (χ2v) is 10.7. The number of ether oxygens (including phenoxy) is 2. The number of aliphatic imine (C=N–C) groups is 1. The van der Waals surface area contributed by atoms with Crippen molar-refractivity contribution in [1.82, 2.24) is 5.01 Å². The van der Waals surface area contributed by atoms with Crippen molar-refractivity contribution in [2.75, 3.05) is 13.2 Å². The van der Waals surface area contributed by atoms with Crippen LogP contribution in [-0.2, 0) is 4.79 Å². The number of benzene rings is 3. The van der Waals surface area contributed by atoms with Gasteiger partial charge in [0.2, 0.25) is 5.17 Å². The molecule has 1 N–H and O–H groups in total. The Morgan fingerprint density at radius 3 is 2.49 bits per heavy atom. The van der Waals surface area contributed by atoms with Gasteiger partial charge in [0, 0.05) is 5.56 Å². The molecular formula is C31H30N4O3S. The summed E-state index contributed by atoms with van der Waals surface area (Å²) in [7, 11) is 0. The van der Waals surface area contributed by atoms with Crippen molar-refractivity contribution in [2.45, 2.75) is 33.6 Å². The summed E-state index contributed by atoms with van der Waals surface area (Å²) in [6, 6.07) is 21.6. The van der Waals surface area contributed by atoms with E-state index in [4.69, 9.17) is 14.9 Å². The van der Waals surface area contributed by atoms with E-state index in [1.165, 1.54) is 22.3 Å². The van der Waals surface area contributed by atoms with Gasteiger partial charge in [0.1, 0.15) is 29.8 Å². The molecule has 0 fully saturated rings. The summed E-state index contributed by atoms with van der Waals surface area (Å²) in [5.41, 5.74) is 5.30. The van der Waals surface area contributed by atoms with Gasteiger partial charge >= 0.3 is 0 Å². The van der Waals surface area contributed by atoms with Gasteiger partial charge in [-0.05, 0) is 72.5 Å². The Balaban J connectivity index is 1.25. The predicted octanol–water partition coefficient (Wildman–Crippen LogP) is 6.55. The average molecular weight is 539 g/mol. The number of hydrogen-bond donors (Lipinski definition) is 1. The van der Waals surface area contributed by atoms with Gasteiger partial charge in [0.15, 0.2) is 5.84 Å². The van der Waals surface area contributed by atoms with Crippen LogP contribution in [0.4, 0.5) is 0 Å². The Bertz CT molecular complexity index is 1520. The van der Waals surface area contributed by atoms with Gasteiger partial charge in [-0.1, -0.05) is 67.9 Å². The molecule has 1 amide bonds. The van der Waals surface area contributed by atoms with Crippen LogP contribution in [0.2, 0.25) is 0 Å². The van der Waals surface area contributed by atoms with Crippen molar-refractivity contribution in [2.24, 2.45) is 10.1 Å². The molecule has 2 aliphatic rings. The van der Waals surface area contributed by atoms with E-state index in [2.05, 4.69) is 42.1 Å². The molecule has 0 unspecified atom stereocenters. The number of hydrazone groups is 1. The molecule has 198 valence electrons. The number of aryl methyl sites for hydroxylation is 2. The Morgan fingerprint density at radius 2 is 1.72 bits per heavy atom. The molecule has 39 heavy (non-hydrogen) atoms. The fourth-order valence-electron chi connectivity index (χ4n) is 4.22. The number of thioether (sulfide) groups is 1. The molecule has 0 aromatic heterocycles.